The topological polar surface area (TPSA) is 32.9 Å². The van der Waals surface area contributed by atoms with Crippen molar-refractivity contribution in [3.8, 4) is 0 Å². The van der Waals surface area contributed by atoms with Crippen molar-refractivity contribution in [1.82, 2.24) is 4.98 Å². The highest BCUT2D eigenvalue weighted by atomic mass is 79.9. The first-order valence-corrected chi connectivity index (χ1v) is 5.50. The van der Waals surface area contributed by atoms with Crippen molar-refractivity contribution in [2.24, 2.45) is 0 Å². The number of aromatic nitrogens is 1. The summed E-state index contributed by atoms with van der Waals surface area (Å²) in [5, 5.41) is 0.241. The summed E-state index contributed by atoms with van der Waals surface area (Å²) in [7, 11) is 0. The summed E-state index contributed by atoms with van der Waals surface area (Å²) in [5.74, 6) is 0. The Morgan fingerprint density at radius 1 is 1.29 bits per heavy atom. The van der Waals surface area contributed by atoms with Gasteiger partial charge in [-0.05, 0) is 35.0 Å². The number of fused-ring (bicyclic) bond motifs is 1. The molecule has 0 fully saturated rings. The van der Waals surface area contributed by atoms with Gasteiger partial charge in [-0.15, -0.1) is 0 Å². The van der Waals surface area contributed by atoms with E-state index in [1.807, 2.05) is 0 Å². The van der Waals surface area contributed by atoms with Crippen molar-refractivity contribution in [1.29, 1.82) is 0 Å². The highest BCUT2D eigenvalue weighted by molar-refractivity contribution is 9.10. The molecule has 0 bridgehead atoms. The smallest absolute Gasteiger partial charge is 0.350 e. The van der Waals surface area contributed by atoms with Gasteiger partial charge in [0.2, 0.25) is 0 Å². The zero-order chi connectivity index (χ0) is 12.8. The third-order valence-corrected chi connectivity index (χ3v) is 3.17. The molecule has 1 N–H and O–H groups in total. The second kappa shape index (κ2) is 3.87. The molecule has 0 aliphatic carbocycles. The van der Waals surface area contributed by atoms with Crippen LogP contribution < -0.4 is 5.43 Å². The monoisotopic (exact) mass is 305 g/mol. The largest absolute Gasteiger partial charge is 0.431 e. The summed E-state index contributed by atoms with van der Waals surface area (Å²) < 4.78 is 38.5. The van der Waals surface area contributed by atoms with Crippen LogP contribution in [-0.4, -0.2) is 4.98 Å². The summed E-state index contributed by atoms with van der Waals surface area (Å²) in [4.78, 5) is 14.1. The molecule has 0 saturated carbocycles. The number of alkyl halides is 3. The van der Waals surface area contributed by atoms with Crippen LogP contribution >= 0.6 is 15.9 Å². The lowest BCUT2D eigenvalue weighted by molar-refractivity contribution is -0.141. The molecule has 2 rings (SSSR count). The zero-order valence-corrected chi connectivity index (χ0v) is 10.2. The SMILES string of the molecule is Cc1c(C(F)(F)F)[nH]c2c(Br)cccc2c1=O. The van der Waals surface area contributed by atoms with Gasteiger partial charge in [-0.2, -0.15) is 13.2 Å². The predicted molar refractivity (Wildman–Crippen MR) is 62.0 cm³/mol. The van der Waals surface area contributed by atoms with Gasteiger partial charge in [0.15, 0.2) is 5.43 Å². The number of pyridine rings is 1. The fourth-order valence-corrected chi connectivity index (χ4v) is 2.12. The van der Waals surface area contributed by atoms with Crippen molar-refractivity contribution >= 4 is 26.8 Å². The molecule has 90 valence electrons. The number of halogens is 4. The van der Waals surface area contributed by atoms with Crippen molar-refractivity contribution in [2.45, 2.75) is 13.1 Å². The van der Waals surface area contributed by atoms with Gasteiger partial charge >= 0.3 is 6.18 Å². The molecular weight excluding hydrogens is 299 g/mol. The lowest BCUT2D eigenvalue weighted by atomic mass is 10.1. The van der Waals surface area contributed by atoms with E-state index in [4.69, 9.17) is 0 Å². The highest BCUT2D eigenvalue weighted by Gasteiger charge is 2.35. The van der Waals surface area contributed by atoms with Crippen LogP contribution in [0, 0.1) is 6.92 Å². The van der Waals surface area contributed by atoms with Gasteiger partial charge in [0, 0.05) is 15.4 Å². The molecule has 0 atom stereocenters. The summed E-state index contributed by atoms with van der Waals surface area (Å²) in [6.45, 7) is 1.17. The minimum atomic E-state index is -4.56. The number of hydrogen-bond acceptors (Lipinski definition) is 1. The fraction of sp³-hybridized carbons (Fsp3) is 0.182. The number of H-pyrrole nitrogens is 1. The van der Waals surface area contributed by atoms with Gasteiger partial charge < -0.3 is 4.98 Å². The van der Waals surface area contributed by atoms with E-state index in [0.29, 0.717) is 4.47 Å². The number of para-hydroxylation sites is 1. The Bertz CT molecular complexity index is 645. The van der Waals surface area contributed by atoms with Crippen LogP contribution in [0.15, 0.2) is 27.5 Å². The van der Waals surface area contributed by atoms with Crippen LogP contribution in [0.25, 0.3) is 10.9 Å². The van der Waals surface area contributed by atoms with Crippen molar-refractivity contribution in [3.05, 3.63) is 44.2 Å². The first-order valence-electron chi connectivity index (χ1n) is 4.70. The highest BCUT2D eigenvalue weighted by Crippen LogP contribution is 2.31. The quantitative estimate of drug-likeness (QED) is 0.792. The first-order chi connectivity index (χ1) is 7.82. The average molecular weight is 306 g/mol. The van der Waals surface area contributed by atoms with E-state index in [1.165, 1.54) is 13.0 Å². The molecule has 17 heavy (non-hydrogen) atoms. The molecule has 0 amide bonds. The molecule has 0 aliphatic rings. The molecule has 0 saturated heterocycles. The molecule has 2 nitrogen and oxygen atoms in total. The molecular formula is C11H7BrF3NO. The summed E-state index contributed by atoms with van der Waals surface area (Å²) in [5.41, 5.74) is -1.76. The van der Waals surface area contributed by atoms with Crippen LogP contribution in [0.3, 0.4) is 0 Å². The predicted octanol–water partition coefficient (Wildman–Crippen LogP) is 3.62. The lowest BCUT2D eigenvalue weighted by Gasteiger charge is -2.11. The fourth-order valence-electron chi connectivity index (χ4n) is 1.66. The van der Waals surface area contributed by atoms with Crippen LogP contribution in [0.4, 0.5) is 13.2 Å². The Morgan fingerprint density at radius 2 is 1.94 bits per heavy atom. The molecule has 6 heteroatoms. The summed E-state index contributed by atoms with van der Waals surface area (Å²) >= 11 is 3.12. The molecule has 2 aromatic rings. The lowest BCUT2D eigenvalue weighted by Crippen LogP contribution is -2.18. The Labute approximate surface area is 103 Å². The van der Waals surface area contributed by atoms with Crippen molar-refractivity contribution < 1.29 is 13.2 Å². The van der Waals surface area contributed by atoms with Crippen LogP contribution in [-0.2, 0) is 6.18 Å². The third-order valence-electron chi connectivity index (χ3n) is 2.51. The van der Waals surface area contributed by atoms with Crippen LogP contribution in [0.5, 0.6) is 0 Å². The van der Waals surface area contributed by atoms with Crippen molar-refractivity contribution in [2.75, 3.05) is 0 Å². The molecule has 1 heterocycles. The normalized spacial score (nSPS) is 12.1. The van der Waals surface area contributed by atoms with E-state index in [9.17, 15) is 18.0 Å². The van der Waals surface area contributed by atoms with Gasteiger partial charge in [0.25, 0.3) is 0 Å². The Hall–Kier alpha value is -1.30. The maximum Gasteiger partial charge on any atom is 0.431 e. The Balaban J connectivity index is 2.96. The van der Waals surface area contributed by atoms with Gasteiger partial charge in [-0.3, -0.25) is 4.79 Å². The number of aromatic amines is 1. The average Bonchev–Trinajstić information content (AvgIpc) is 2.22. The standard InChI is InChI=1S/C11H7BrF3NO/c1-5-9(17)6-3-2-4-7(12)8(6)16-10(5)11(13,14)15/h2-4H,1H3,(H,16,17). The second-order valence-electron chi connectivity index (χ2n) is 3.61. The van der Waals surface area contributed by atoms with E-state index < -0.39 is 17.3 Å². The summed E-state index contributed by atoms with van der Waals surface area (Å²) in [6, 6.07) is 4.67. The van der Waals surface area contributed by atoms with E-state index in [0.717, 1.165) is 0 Å². The first kappa shape index (κ1) is 12.2. The van der Waals surface area contributed by atoms with Crippen LogP contribution in [0.1, 0.15) is 11.3 Å². The molecule has 0 radical (unpaired) electrons. The maximum atomic E-state index is 12.7. The summed E-state index contributed by atoms with van der Waals surface area (Å²) in [6.07, 6.45) is -4.56. The number of hydrogen-bond donors (Lipinski definition) is 1. The van der Waals surface area contributed by atoms with E-state index >= 15 is 0 Å². The number of nitrogens with one attached hydrogen (secondary N) is 1. The van der Waals surface area contributed by atoms with Gasteiger partial charge in [-0.25, -0.2) is 0 Å². The molecule has 0 aliphatic heterocycles. The Morgan fingerprint density at radius 3 is 2.53 bits per heavy atom. The molecule has 1 aromatic carbocycles. The minimum Gasteiger partial charge on any atom is -0.350 e. The van der Waals surface area contributed by atoms with Gasteiger partial charge in [0.05, 0.1) is 5.52 Å². The van der Waals surface area contributed by atoms with Gasteiger partial charge in [-0.1, -0.05) is 6.07 Å². The zero-order valence-electron chi connectivity index (χ0n) is 8.65. The molecule has 0 unspecified atom stereocenters. The maximum absolute atomic E-state index is 12.7. The second-order valence-corrected chi connectivity index (χ2v) is 4.47. The number of rotatable bonds is 0. The van der Waals surface area contributed by atoms with Crippen molar-refractivity contribution in [3.63, 3.8) is 0 Å². The molecule has 0 spiro atoms. The van der Waals surface area contributed by atoms with E-state index in [-0.39, 0.29) is 16.5 Å². The van der Waals surface area contributed by atoms with E-state index in [1.54, 1.807) is 12.1 Å². The van der Waals surface area contributed by atoms with Gasteiger partial charge in [0.1, 0.15) is 5.69 Å². The Kier molecular flexibility index (Phi) is 2.77. The van der Waals surface area contributed by atoms with Crippen LogP contribution in [0.2, 0.25) is 0 Å². The molecule has 1 aromatic heterocycles. The minimum absolute atomic E-state index is 0.162. The third kappa shape index (κ3) is 1.97. The number of benzene rings is 1. The van der Waals surface area contributed by atoms with E-state index in [2.05, 4.69) is 20.9 Å².